The smallest absolute Gasteiger partial charge is 0.423 e. The summed E-state index contributed by atoms with van der Waals surface area (Å²) in [6.45, 7) is 0. The van der Waals surface area contributed by atoms with E-state index in [0.717, 1.165) is 18.2 Å². The van der Waals surface area contributed by atoms with Gasteiger partial charge in [0.15, 0.2) is 11.6 Å². The number of benzene rings is 2. The van der Waals surface area contributed by atoms with Gasteiger partial charge < -0.3 is 4.42 Å². The topological polar surface area (TPSA) is 30.2 Å². The average molecular weight is 326 g/mol. The van der Waals surface area contributed by atoms with Crippen molar-refractivity contribution in [3.63, 3.8) is 0 Å². The summed E-state index contributed by atoms with van der Waals surface area (Å²) in [5, 5.41) is -0.290. The fourth-order valence-electron chi connectivity index (χ4n) is 2.18. The van der Waals surface area contributed by atoms with Gasteiger partial charge >= 0.3 is 6.18 Å². The Morgan fingerprint density at radius 2 is 1.52 bits per heavy atom. The first-order valence-electron chi connectivity index (χ1n) is 6.35. The normalized spacial score (nSPS) is 11.9. The van der Waals surface area contributed by atoms with Gasteiger partial charge in [-0.25, -0.2) is 8.78 Å². The minimum Gasteiger partial charge on any atom is -0.463 e. The lowest BCUT2D eigenvalue weighted by molar-refractivity contribution is -0.139. The van der Waals surface area contributed by atoms with Gasteiger partial charge in [0.05, 0.1) is 5.39 Å². The predicted molar refractivity (Wildman–Crippen MR) is 72.8 cm³/mol. The summed E-state index contributed by atoms with van der Waals surface area (Å²) < 4.78 is 69.3. The van der Waals surface area contributed by atoms with Gasteiger partial charge in [0, 0.05) is 0 Å². The molecule has 7 heteroatoms. The molecule has 2 aromatic carbocycles. The van der Waals surface area contributed by atoms with E-state index in [2.05, 4.69) is 0 Å². The average Bonchev–Trinajstić information content (AvgIpc) is 2.49. The third-order valence-corrected chi connectivity index (χ3v) is 3.33. The molecule has 0 N–H and O–H groups in total. The van der Waals surface area contributed by atoms with E-state index in [1.807, 2.05) is 0 Å². The number of hydrogen-bond acceptors (Lipinski definition) is 2. The Bertz CT molecular complexity index is 957. The van der Waals surface area contributed by atoms with Crippen LogP contribution in [0.5, 0.6) is 0 Å². The van der Waals surface area contributed by atoms with Crippen molar-refractivity contribution >= 4 is 11.0 Å². The Morgan fingerprint density at radius 3 is 2.17 bits per heavy atom. The van der Waals surface area contributed by atoms with Crippen LogP contribution >= 0.6 is 0 Å². The van der Waals surface area contributed by atoms with Crippen molar-refractivity contribution in [3.8, 4) is 11.1 Å². The van der Waals surface area contributed by atoms with Crippen LogP contribution < -0.4 is 5.43 Å². The maximum Gasteiger partial charge on any atom is 0.423 e. The van der Waals surface area contributed by atoms with Crippen LogP contribution in [0.25, 0.3) is 22.1 Å². The van der Waals surface area contributed by atoms with E-state index >= 15 is 0 Å². The molecule has 23 heavy (non-hydrogen) atoms. The molecular formula is C16H7F5O2. The maximum absolute atomic E-state index is 13.3. The summed E-state index contributed by atoms with van der Waals surface area (Å²) in [5.41, 5.74) is -2.20. The first-order valence-corrected chi connectivity index (χ1v) is 6.35. The molecule has 3 aromatic rings. The van der Waals surface area contributed by atoms with Crippen LogP contribution in [0.15, 0.2) is 51.9 Å². The number of hydrogen-bond donors (Lipinski definition) is 0. The summed E-state index contributed by atoms with van der Waals surface area (Å²) >= 11 is 0. The van der Waals surface area contributed by atoms with Gasteiger partial charge in [0.1, 0.15) is 17.4 Å². The molecule has 0 aliphatic carbocycles. The molecule has 3 rings (SSSR count). The lowest BCUT2D eigenvalue weighted by atomic mass is 10.0. The number of rotatable bonds is 1. The molecule has 0 unspecified atom stereocenters. The van der Waals surface area contributed by atoms with Crippen molar-refractivity contribution in [1.29, 1.82) is 0 Å². The van der Waals surface area contributed by atoms with Crippen LogP contribution in [0.4, 0.5) is 22.0 Å². The molecule has 118 valence electrons. The number of halogens is 5. The number of alkyl halides is 3. The molecule has 0 bridgehead atoms. The molecule has 0 saturated heterocycles. The van der Waals surface area contributed by atoms with E-state index in [9.17, 15) is 26.7 Å². The molecule has 0 aliphatic heterocycles. The van der Waals surface area contributed by atoms with E-state index in [0.29, 0.717) is 6.26 Å². The highest BCUT2D eigenvalue weighted by atomic mass is 19.4. The summed E-state index contributed by atoms with van der Waals surface area (Å²) in [4.78, 5) is 12.0. The van der Waals surface area contributed by atoms with E-state index in [1.54, 1.807) is 0 Å². The fourth-order valence-corrected chi connectivity index (χ4v) is 2.18. The van der Waals surface area contributed by atoms with Crippen molar-refractivity contribution in [1.82, 2.24) is 0 Å². The lowest BCUT2D eigenvalue weighted by Crippen LogP contribution is -2.18. The SMILES string of the molecule is O=c1c(C(F)(F)F)coc2ccc(-c3ccc(F)c(F)c3)cc12. The zero-order valence-electron chi connectivity index (χ0n) is 11.2. The Morgan fingerprint density at radius 1 is 0.870 bits per heavy atom. The zero-order chi connectivity index (χ0) is 16.8. The van der Waals surface area contributed by atoms with E-state index < -0.39 is 28.8 Å². The van der Waals surface area contributed by atoms with Crippen LogP contribution in [0.3, 0.4) is 0 Å². The van der Waals surface area contributed by atoms with Crippen molar-refractivity contribution in [2.75, 3.05) is 0 Å². The molecule has 0 amide bonds. The molecule has 0 radical (unpaired) electrons. The van der Waals surface area contributed by atoms with Gasteiger partial charge in [-0.2, -0.15) is 13.2 Å². The van der Waals surface area contributed by atoms with Gasteiger partial charge in [0.2, 0.25) is 5.43 Å². The maximum atomic E-state index is 13.3. The molecule has 0 spiro atoms. The third-order valence-electron chi connectivity index (χ3n) is 3.33. The van der Waals surface area contributed by atoms with Crippen molar-refractivity contribution in [2.24, 2.45) is 0 Å². The van der Waals surface area contributed by atoms with E-state index in [1.165, 1.54) is 18.2 Å². The Balaban J connectivity index is 2.23. The molecule has 0 fully saturated rings. The van der Waals surface area contributed by atoms with Crippen molar-refractivity contribution < 1.29 is 26.4 Å². The summed E-state index contributed by atoms with van der Waals surface area (Å²) in [6.07, 6.45) is -4.48. The van der Waals surface area contributed by atoms with Crippen molar-refractivity contribution in [2.45, 2.75) is 6.18 Å². The first kappa shape index (κ1) is 15.2. The first-order chi connectivity index (χ1) is 10.8. The van der Waals surface area contributed by atoms with Gasteiger partial charge in [-0.1, -0.05) is 12.1 Å². The second kappa shape index (κ2) is 5.19. The molecule has 1 heterocycles. The zero-order valence-corrected chi connectivity index (χ0v) is 11.2. The predicted octanol–water partition coefficient (Wildman–Crippen LogP) is 4.76. The van der Waals surface area contributed by atoms with Crippen LogP contribution in [0, 0.1) is 11.6 Å². The van der Waals surface area contributed by atoms with Crippen LogP contribution in [-0.4, -0.2) is 0 Å². The Hall–Kier alpha value is -2.70. The van der Waals surface area contributed by atoms with Crippen LogP contribution in [0.2, 0.25) is 0 Å². The highest BCUT2D eigenvalue weighted by molar-refractivity contribution is 5.83. The van der Waals surface area contributed by atoms with Crippen LogP contribution in [0.1, 0.15) is 5.56 Å². The highest BCUT2D eigenvalue weighted by Gasteiger charge is 2.35. The largest absolute Gasteiger partial charge is 0.463 e. The second-order valence-corrected chi connectivity index (χ2v) is 4.82. The molecule has 0 saturated carbocycles. The Kier molecular flexibility index (Phi) is 3.43. The lowest BCUT2D eigenvalue weighted by Gasteiger charge is -2.07. The molecule has 2 nitrogen and oxygen atoms in total. The molecule has 1 aromatic heterocycles. The van der Waals surface area contributed by atoms with Crippen LogP contribution in [-0.2, 0) is 6.18 Å². The monoisotopic (exact) mass is 326 g/mol. The molecular weight excluding hydrogens is 319 g/mol. The third kappa shape index (κ3) is 2.69. The van der Waals surface area contributed by atoms with Crippen molar-refractivity contribution in [3.05, 3.63) is 70.1 Å². The molecule has 0 aliphatic rings. The summed E-state index contributed by atoms with van der Waals surface area (Å²) in [7, 11) is 0. The molecule has 0 atom stereocenters. The second-order valence-electron chi connectivity index (χ2n) is 4.82. The van der Waals surface area contributed by atoms with E-state index in [4.69, 9.17) is 4.42 Å². The van der Waals surface area contributed by atoms with Gasteiger partial charge in [-0.15, -0.1) is 0 Å². The summed E-state index contributed by atoms with van der Waals surface area (Å²) in [5.74, 6) is -2.15. The minimum absolute atomic E-state index is 0.0330. The number of fused-ring (bicyclic) bond motifs is 1. The van der Waals surface area contributed by atoms with Gasteiger partial charge in [0.25, 0.3) is 0 Å². The van der Waals surface area contributed by atoms with E-state index in [-0.39, 0.29) is 22.1 Å². The summed E-state index contributed by atoms with van der Waals surface area (Å²) in [6, 6.07) is 6.94. The Labute approximate surface area is 125 Å². The standard InChI is InChI=1S/C16H7F5O2/c17-12-3-1-9(6-13(12)18)8-2-4-14-10(5-8)15(22)11(7-23-14)16(19,20)21/h1-7H. The fraction of sp³-hybridized carbons (Fsp3) is 0.0625. The van der Waals surface area contributed by atoms with Gasteiger partial charge in [-0.3, -0.25) is 4.79 Å². The highest BCUT2D eigenvalue weighted by Crippen LogP contribution is 2.30. The minimum atomic E-state index is -4.84. The quantitative estimate of drug-likeness (QED) is 0.604. The van der Waals surface area contributed by atoms with Gasteiger partial charge in [-0.05, 0) is 35.4 Å².